The third-order valence-electron chi connectivity index (χ3n) is 9.63. The van der Waals surface area contributed by atoms with Gasteiger partial charge in [-0.05, 0) is 78.3 Å². The minimum atomic E-state index is -1.59. The molecule has 196 valence electrons. The predicted octanol–water partition coefficient (Wildman–Crippen LogP) is 10.5. The Bertz CT molecular complexity index is 950. The van der Waals surface area contributed by atoms with Crippen molar-refractivity contribution in [2.75, 3.05) is 0 Å². The molecule has 4 aliphatic carbocycles. The number of benzene rings is 1. The molecule has 2 saturated carbocycles. The van der Waals surface area contributed by atoms with E-state index in [0.717, 1.165) is 46.6 Å². The van der Waals surface area contributed by atoms with Crippen LogP contribution < -0.4 is 0 Å². The maximum atomic E-state index is 4.93. The van der Waals surface area contributed by atoms with Gasteiger partial charge in [-0.2, -0.15) is 0 Å². The molecule has 1 aromatic rings. The maximum absolute atomic E-state index is 4.93. The third kappa shape index (κ3) is 6.03. The van der Waals surface area contributed by atoms with Crippen LogP contribution in [0.25, 0.3) is 0 Å². The van der Waals surface area contributed by atoms with Gasteiger partial charge in [0.15, 0.2) is 0 Å². The molecule has 8 atom stereocenters. The van der Waals surface area contributed by atoms with Gasteiger partial charge in [0.25, 0.3) is 0 Å². The van der Waals surface area contributed by atoms with Crippen molar-refractivity contribution in [3.8, 4) is 0 Å². The first-order valence-corrected chi connectivity index (χ1v) is 22.4. The van der Waals surface area contributed by atoms with Gasteiger partial charge in [0.2, 0.25) is 0 Å². The summed E-state index contributed by atoms with van der Waals surface area (Å²) in [7, 11) is 8.27. The zero-order valence-corrected chi connectivity index (χ0v) is 28.5. The molecule has 0 heterocycles. The number of allylic oxidation sites excluding steroid dienone is 8. The van der Waals surface area contributed by atoms with Gasteiger partial charge in [-0.3, -0.25) is 0 Å². The first kappa shape index (κ1) is 32.1. The van der Waals surface area contributed by atoms with Crippen LogP contribution in [0.3, 0.4) is 0 Å². The van der Waals surface area contributed by atoms with E-state index in [0.29, 0.717) is 5.92 Å². The van der Waals surface area contributed by atoms with Crippen molar-refractivity contribution in [3.05, 3.63) is 98.4 Å². The fraction of sp³-hybridized carbons (Fsp3) is 0.500. The van der Waals surface area contributed by atoms with Crippen LogP contribution in [0.15, 0.2) is 66.8 Å². The zero-order chi connectivity index (χ0) is 24.6. The van der Waals surface area contributed by atoms with Gasteiger partial charge in [0.1, 0.15) is 0 Å². The average Bonchev–Trinajstić information content (AvgIpc) is 3.30. The summed E-state index contributed by atoms with van der Waals surface area (Å²) in [4.78, 5) is 0. The first-order valence-electron chi connectivity index (χ1n) is 12.9. The molecule has 2 fully saturated rings. The number of hydrogen-bond donors (Lipinski definition) is 0. The van der Waals surface area contributed by atoms with Crippen LogP contribution in [0.5, 0.6) is 0 Å². The van der Waals surface area contributed by atoms with Crippen molar-refractivity contribution in [1.29, 1.82) is 0 Å². The first-order chi connectivity index (χ1) is 16.2. The Kier molecular flexibility index (Phi) is 11.8. The summed E-state index contributed by atoms with van der Waals surface area (Å²) >= 11 is -0.826. The molecule has 0 saturated heterocycles. The second kappa shape index (κ2) is 13.3. The van der Waals surface area contributed by atoms with Crippen LogP contribution in [0.1, 0.15) is 42.9 Å². The zero-order valence-electron chi connectivity index (χ0n) is 23.5. The topological polar surface area (TPSA) is 0 Å². The summed E-state index contributed by atoms with van der Waals surface area (Å²) in [6, 6.07) is 7.35. The fourth-order valence-electron chi connectivity index (χ4n) is 8.81. The Balaban J connectivity index is 0.000000871. The van der Waals surface area contributed by atoms with Crippen LogP contribution in [0.2, 0.25) is 24.2 Å². The van der Waals surface area contributed by atoms with Gasteiger partial charge in [-0.1, -0.05) is 105 Å². The molecule has 4 heteroatoms. The molecule has 0 spiro atoms. The average molecular weight is 621 g/mol. The van der Waals surface area contributed by atoms with E-state index in [9.17, 15) is 0 Å². The molecule has 0 aliphatic heterocycles. The molecule has 1 aromatic carbocycles. The van der Waals surface area contributed by atoms with Crippen LogP contribution in [0.4, 0.5) is 0 Å². The van der Waals surface area contributed by atoms with Crippen molar-refractivity contribution in [2.24, 2.45) is 35.5 Å². The summed E-state index contributed by atoms with van der Waals surface area (Å²) in [5, 5.41) is 0. The Morgan fingerprint density at radius 1 is 0.722 bits per heavy atom. The van der Waals surface area contributed by atoms with Gasteiger partial charge >= 0.3 is 37.9 Å². The summed E-state index contributed by atoms with van der Waals surface area (Å²) in [5.74, 6) is 5.24. The normalized spacial score (nSPS) is 35.5. The molecule has 4 aliphatic rings. The number of fused-ring (bicyclic) bond motifs is 2. The van der Waals surface area contributed by atoms with E-state index < -0.39 is 28.9 Å². The second-order valence-electron chi connectivity index (χ2n) is 11.9. The van der Waals surface area contributed by atoms with E-state index in [1.807, 2.05) is 0 Å². The van der Waals surface area contributed by atoms with E-state index >= 15 is 0 Å². The summed E-state index contributed by atoms with van der Waals surface area (Å²) in [5.41, 5.74) is 6.18. The van der Waals surface area contributed by atoms with Crippen molar-refractivity contribution >= 4 is 25.1 Å². The Hall–Kier alpha value is -0.140. The van der Waals surface area contributed by atoms with E-state index in [1.54, 1.807) is 5.56 Å². The van der Waals surface area contributed by atoms with Crippen molar-refractivity contribution in [1.82, 2.24) is 0 Å². The van der Waals surface area contributed by atoms with Gasteiger partial charge in [-0.25, -0.2) is 0 Å². The molecule has 0 bridgehead atoms. The number of rotatable bonds is 3. The molecule has 0 amide bonds. The molecule has 0 N–H and O–H groups in total. The van der Waals surface area contributed by atoms with Crippen molar-refractivity contribution in [2.45, 2.75) is 64.2 Å². The molecule has 0 nitrogen and oxygen atoms in total. The van der Waals surface area contributed by atoms with Crippen LogP contribution >= 0.6 is 17.0 Å². The molecule has 0 aromatic heterocycles. The van der Waals surface area contributed by atoms with E-state index in [1.165, 1.54) is 17.5 Å². The number of halogens is 2. The Labute approximate surface area is 242 Å². The van der Waals surface area contributed by atoms with Gasteiger partial charge in [0.05, 0.1) is 8.07 Å². The van der Waals surface area contributed by atoms with Gasteiger partial charge < -0.3 is 14.9 Å². The summed E-state index contributed by atoms with van der Waals surface area (Å²) in [6.07, 6.45) is 20.8. The fourth-order valence-corrected chi connectivity index (χ4v) is 15.1. The van der Waals surface area contributed by atoms with Crippen LogP contribution in [0, 0.1) is 64.2 Å². The molecule has 0 radical (unpaired) electrons. The molecule has 8 unspecified atom stereocenters. The van der Waals surface area contributed by atoms with Crippen LogP contribution in [-0.2, 0) is 20.8 Å². The van der Waals surface area contributed by atoms with E-state index in [4.69, 9.17) is 17.0 Å². The van der Waals surface area contributed by atoms with Gasteiger partial charge in [-0.15, -0.1) is 0 Å². The Morgan fingerprint density at radius 2 is 1.17 bits per heavy atom. The molecule has 36 heavy (non-hydrogen) atoms. The predicted molar refractivity (Wildman–Crippen MR) is 162 cm³/mol. The quantitative estimate of drug-likeness (QED) is 0.233. The van der Waals surface area contributed by atoms with E-state index in [-0.39, 0.29) is 14.9 Å². The van der Waals surface area contributed by atoms with Crippen LogP contribution in [-0.4, -0.2) is 8.07 Å². The minimum absolute atomic E-state index is 0. The summed E-state index contributed by atoms with van der Waals surface area (Å²) < 4.78 is 0. The second-order valence-corrected chi connectivity index (χ2v) is 20.6. The SMILES string of the molecule is Cc1cc(C)cc(C2CC3C=CC=CC3C2[Si](C)(C)C2C(C)C3C=CC=CC3C2C)c1.[CH3-].[CH3-].[Cl][Zr+2][Cl]. The molecule has 5 rings (SSSR count). The van der Waals surface area contributed by atoms with Gasteiger partial charge in [0, 0.05) is 0 Å². The summed E-state index contributed by atoms with van der Waals surface area (Å²) in [6.45, 7) is 15.3. The number of hydrogen-bond acceptors (Lipinski definition) is 0. The third-order valence-corrected chi connectivity index (χ3v) is 14.9. The number of aryl methyl sites for hydroxylation is 2. The standard InChI is InChI=1S/C30H40Si.2CH3.2ClH.Zr/c1-19-15-20(2)17-24(16-19)28-18-23-11-7-8-14-27(23)30(28)31(5,6)29-21(3)25-12-9-10-13-26(25)22(29)4;;;;;/h7-17,21-23,25-30H,18H2,1-6H3;2*1H3;2*1H;/q;2*-1;;;+4/p-2. The molecular weight excluding hydrogens is 575 g/mol. The van der Waals surface area contributed by atoms with Crippen molar-refractivity contribution < 1.29 is 20.8 Å². The Morgan fingerprint density at radius 3 is 1.67 bits per heavy atom. The molecular formula is C32H46Cl2SiZr. The monoisotopic (exact) mass is 618 g/mol. The van der Waals surface area contributed by atoms with Crippen molar-refractivity contribution in [3.63, 3.8) is 0 Å². The van der Waals surface area contributed by atoms with E-state index in [2.05, 4.69) is 108 Å².